The lowest BCUT2D eigenvalue weighted by atomic mass is 15.0. The maximum absolute atomic E-state index is 10.3. The van der Waals surface area contributed by atoms with Gasteiger partial charge in [0.1, 0.15) is 0 Å². The molecule has 0 atom stereocenters. The topological polar surface area (TPSA) is 126 Å². The molecule has 1 aliphatic heterocycles. The lowest BCUT2D eigenvalue weighted by molar-refractivity contribution is 0.0850. The molecule has 62 valence electrons. The summed E-state index contributed by atoms with van der Waals surface area (Å²) in [6.07, 6.45) is 0. The Hall–Kier alpha value is -0.100. The summed E-state index contributed by atoms with van der Waals surface area (Å²) in [6.45, 7) is 0. The Kier molecular flexibility index (Phi) is 1.24. The Bertz CT molecular complexity index is 296. The van der Waals surface area contributed by atoms with Crippen LogP contribution in [-0.2, 0) is 32.9 Å². The molecule has 1 aliphatic rings. The normalized spacial score (nSPS) is 32.0. The van der Waals surface area contributed by atoms with E-state index < -0.39 is 20.6 Å². The molecule has 1 heterocycles. The summed E-state index contributed by atoms with van der Waals surface area (Å²) in [7, 11) is -10.4. The van der Waals surface area contributed by atoms with Gasteiger partial charge in [-0.1, -0.05) is 8.67 Å². The Morgan fingerprint density at radius 1 is 1.40 bits per heavy atom. The van der Waals surface area contributed by atoms with E-state index in [1.54, 1.807) is 0 Å². The molecular formula is H2O8S2. The molecule has 10 heavy (non-hydrogen) atoms. The average Bonchev–Trinajstić information content (AvgIpc) is 2.07. The van der Waals surface area contributed by atoms with Crippen LogP contribution in [0.3, 0.4) is 0 Å². The van der Waals surface area contributed by atoms with Gasteiger partial charge in [-0.05, 0) is 0 Å². The van der Waals surface area contributed by atoms with Gasteiger partial charge in [0.25, 0.3) is 0 Å². The Morgan fingerprint density at radius 2 is 1.80 bits per heavy atom. The minimum absolute atomic E-state index is 3.12. The second-order valence-corrected chi connectivity index (χ2v) is 4.42. The first-order chi connectivity index (χ1) is 4.20. The van der Waals surface area contributed by atoms with E-state index in [0.29, 0.717) is 0 Å². The molecule has 0 unspecified atom stereocenters. The van der Waals surface area contributed by atoms with Crippen molar-refractivity contribution in [1.82, 2.24) is 0 Å². The average molecular weight is 194 g/mol. The third kappa shape index (κ3) is 1.95. The van der Waals surface area contributed by atoms with Gasteiger partial charge in [-0.25, -0.2) is 0 Å². The van der Waals surface area contributed by atoms with E-state index in [9.17, 15) is 12.6 Å². The third-order valence-corrected chi connectivity index (χ3v) is 2.52. The molecule has 1 fully saturated rings. The van der Waals surface area contributed by atoms with Crippen molar-refractivity contribution in [3.63, 3.8) is 0 Å². The molecule has 10 heteroatoms. The fourth-order valence-corrected chi connectivity index (χ4v) is 1.81. The maximum atomic E-state index is 10.3. The van der Waals surface area contributed by atoms with E-state index in [4.69, 9.17) is 9.11 Å². The van der Waals surface area contributed by atoms with Crippen LogP contribution in [-0.4, -0.2) is 21.7 Å². The highest BCUT2D eigenvalue weighted by Crippen LogP contribution is 2.42. The Labute approximate surface area is 55.4 Å². The zero-order valence-corrected chi connectivity index (χ0v) is 5.79. The largest absolute Gasteiger partial charge is 0.413 e. The van der Waals surface area contributed by atoms with Crippen LogP contribution in [0.1, 0.15) is 0 Å². The summed E-state index contributed by atoms with van der Waals surface area (Å²) in [5.74, 6) is 0. The SMILES string of the molecule is O=S(=O)(O)OS1(=O)(O)OO1. The van der Waals surface area contributed by atoms with Gasteiger partial charge in [-0.2, -0.15) is 12.6 Å². The highest BCUT2D eigenvalue weighted by atomic mass is 32.4. The number of hydrogen-bond acceptors (Lipinski definition) is 6. The number of rotatable bonds is 2. The molecule has 0 radical (unpaired) electrons. The minimum Gasteiger partial charge on any atom is -0.263 e. The third-order valence-electron chi connectivity index (χ3n) is 0.440. The Balaban J connectivity index is 2.84. The maximum Gasteiger partial charge on any atom is 0.413 e. The van der Waals surface area contributed by atoms with Gasteiger partial charge < -0.3 is 0 Å². The van der Waals surface area contributed by atoms with Gasteiger partial charge in [0.15, 0.2) is 0 Å². The van der Waals surface area contributed by atoms with Crippen molar-refractivity contribution in [3.8, 4) is 0 Å². The van der Waals surface area contributed by atoms with Crippen molar-refractivity contribution in [2.45, 2.75) is 0 Å². The smallest absolute Gasteiger partial charge is 0.263 e. The van der Waals surface area contributed by atoms with Crippen LogP contribution < -0.4 is 0 Å². The zero-order chi connectivity index (χ0) is 8.07. The van der Waals surface area contributed by atoms with Crippen molar-refractivity contribution in [2.24, 2.45) is 0 Å². The summed E-state index contributed by atoms with van der Waals surface area (Å²) in [5.41, 5.74) is 0. The van der Waals surface area contributed by atoms with E-state index in [-0.39, 0.29) is 0 Å². The van der Waals surface area contributed by atoms with Crippen LogP contribution in [0, 0.1) is 0 Å². The predicted molar refractivity (Wildman–Crippen MR) is 25.6 cm³/mol. The first-order valence-electron chi connectivity index (χ1n) is 1.70. The zero-order valence-electron chi connectivity index (χ0n) is 4.16. The molecule has 8 nitrogen and oxygen atoms in total. The van der Waals surface area contributed by atoms with Crippen molar-refractivity contribution < 1.29 is 34.0 Å². The van der Waals surface area contributed by atoms with Crippen molar-refractivity contribution in [3.05, 3.63) is 0 Å². The van der Waals surface area contributed by atoms with Gasteiger partial charge in [-0.15, -0.1) is 3.63 Å². The monoisotopic (exact) mass is 194 g/mol. The predicted octanol–water partition coefficient (Wildman–Crippen LogP) is -1.19. The lowest BCUT2D eigenvalue weighted by Gasteiger charge is -2.01. The van der Waals surface area contributed by atoms with E-state index >= 15 is 0 Å². The first-order valence-corrected chi connectivity index (χ1v) is 4.76. The highest BCUT2D eigenvalue weighted by Gasteiger charge is 2.60. The van der Waals surface area contributed by atoms with Gasteiger partial charge in [0.05, 0.1) is 0 Å². The van der Waals surface area contributed by atoms with E-state index in [1.165, 1.54) is 0 Å². The van der Waals surface area contributed by atoms with Crippen LogP contribution in [0.25, 0.3) is 0 Å². The van der Waals surface area contributed by atoms with Crippen LogP contribution >= 0.6 is 0 Å². The van der Waals surface area contributed by atoms with Crippen LogP contribution in [0.15, 0.2) is 0 Å². The fraction of sp³-hybridized carbons (Fsp3) is 0. The summed E-state index contributed by atoms with van der Waals surface area (Å²) < 4.78 is 55.6. The Morgan fingerprint density at radius 3 is 1.90 bits per heavy atom. The number of hydrogen-bond donors (Lipinski definition) is 2. The van der Waals surface area contributed by atoms with Crippen molar-refractivity contribution in [1.29, 1.82) is 0 Å². The molecule has 0 saturated carbocycles. The molecule has 1 rings (SSSR count). The molecule has 0 aromatic carbocycles. The lowest BCUT2D eigenvalue weighted by Crippen LogP contribution is -2.21. The van der Waals surface area contributed by atoms with Gasteiger partial charge in [-0.3, -0.25) is 9.11 Å². The molecule has 1 saturated heterocycles. The molecule has 0 aromatic rings. The van der Waals surface area contributed by atoms with Gasteiger partial charge in [0, 0.05) is 0 Å². The molecule has 2 N–H and O–H groups in total. The summed E-state index contributed by atoms with van der Waals surface area (Å²) >= 11 is 0. The van der Waals surface area contributed by atoms with Gasteiger partial charge >= 0.3 is 20.6 Å². The van der Waals surface area contributed by atoms with Crippen LogP contribution in [0.2, 0.25) is 0 Å². The molecule has 0 aromatic heterocycles. The van der Waals surface area contributed by atoms with Crippen LogP contribution in [0.5, 0.6) is 0 Å². The molecular weight excluding hydrogens is 192 g/mol. The molecule has 0 bridgehead atoms. The summed E-state index contributed by atoms with van der Waals surface area (Å²) in [6, 6.07) is 0. The van der Waals surface area contributed by atoms with Crippen LogP contribution in [0.4, 0.5) is 0 Å². The quantitative estimate of drug-likeness (QED) is 0.319. The van der Waals surface area contributed by atoms with E-state index in [2.05, 4.69) is 12.3 Å². The molecule has 0 aliphatic carbocycles. The van der Waals surface area contributed by atoms with Crippen molar-refractivity contribution in [2.75, 3.05) is 0 Å². The highest BCUT2D eigenvalue weighted by molar-refractivity contribution is 8.11. The van der Waals surface area contributed by atoms with Gasteiger partial charge in [0.2, 0.25) is 0 Å². The van der Waals surface area contributed by atoms with E-state index in [1.807, 2.05) is 0 Å². The molecule has 0 spiro atoms. The second kappa shape index (κ2) is 1.55. The molecule has 0 amide bonds. The van der Waals surface area contributed by atoms with Crippen molar-refractivity contribution >= 4 is 20.6 Å². The summed E-state index contributed by atoms with van der Waals surface area (Å²) in [5, 5.41) is 0. The van der Waals surface area contributed by atoms with E-state index in [0.717, 1.165) is 0 Å². The standard InChI is InChI=1S/H2O8S2/c1-9(2,3)8-10(4,5)6-7-10/h(H,4,5)(H,1,2,3). The second-order valence-electron chi connectivity index (χ2n) is 1.34. The first kappa shape index (κ1) is 8.00. The fourth-order valence-electron chi connectivity index (χ4n) is 0.202. The minimum atomic E-state index is -5.36. The summed E-state index contributed by atoms with van der Waals surface area (Å²) in [4.78, 5) is 0.